The SMILES string of the molecule is CCCCN(C)C(=O)C1CCN(C(=O)CSCC(=O)Nc2cccc(Br)c2)CC1. The third-order valence-electron chi connectivity index (χ3n) is 4.99. The Morgan fingerprint density at radius 2 is 1.97 bits per heavy atom. The minimum Gasteiger partial charge on any atom is -0.346 e. The van der Waals surface area contributed by atoms with Crippen molar-refractivity contribution in [1.29, 1.82) is 0 Å². The largest absolute Gasteiger partial charge is 0.346 e. The second kappa shape index (κ2) is 12.2. The summed E-state index contributed by atoms with van der Waals surface area (Å²) in [5.41, 5.74) is 0.729. The number of benzene rings is 1. The molecule has 1 aromatic carbocycles. The van der Waals surface area contributed by atoms with Gasteiger partial charge in [0.25, 0.3) is 0 Å². The maximum Gasteiger partial charge on any atom is 0.234 e. The molecule has 8 heteroatoms. The number of hydrogen-bond acceptors (Lipinski definition) is 4. The van der Waals surface area contributed by atoms with Crippen molar-refractivity contribution >= 4 is 51.1 Å². The van der Waals surface area contributed by atoms with Crippen molar-refractivity contribution in [2.75, 3.05) is 43.5 Å². The Bertz CT molecular complexity index is 708. The van der Waals surface area contributed by atoms with Crippen LogP contribution in [0.2, 0.25) is 0 Å². The van der Waals surface area contributed by atoms with Gasteiger partial charge in [0.1, 0.15) is 0 Å². The van der Waals surface area contributed by atoms with Gasteiger partial charge in [-0.2, -0.15) is 0 Å². The van der Waals surface area contributed by atoms with Crippen molar-refractivity contribution in [2.24, 2.45) is 5.92 Å². The first-order chi connectivity index (χ1) is 13.9. The highest BCUT2D eigenvalue weighted by Gasteiger charge is 2.28. The zero-order valence-corrected chi connectivity index (χ0v) is 19.6. The third kappa shape index (κ3) is 8.01. The predicted octanol–water partition coefficient (Wildman–Crippen LogP) is 3.62. The average Bonchev–Trinajstić information content (AvgIpc) is 2.71. The van der Waals surface area contributed by atoms with Crippen LogP contribution in [0.1, 0.15) is 32.6 Å². The normalized spacial score (nSPS) is 14.5. The topological polar surface area (TPSA) is 69.7 Å². The molecule has 29 heavy (non-hydrogen) atoms. The van der Waals surface area contributed by atoms with Gasteiger partial charge in [-0.1, -0.05) is 35.3 Å². The maximum atomic E-state index is 12.5. The number of unbranched alkanes of at least 4 members (excludes halogenated alkanes) is 1. The van der Waals surface area contributed by atoms with E-state index >= 15 is 0 Å². The third-order valence-corrected chi connectivity index (χ3v) is 6.40. The summed E-state index contributed by atoms with van der Waals surface area (Å²) in [4.78, 5) is 40.5. The summed E-state index contributed by atoms with van der Waals surface area (Å²) in [5, 5.41) is 2.82. The van der Waals surface area contributed by atoms with Crippen molar-refractivity contribution in [1.82, 2.24) is 9.80 Å². The zero-order chi connectivity index (χ0) is 21.2. The van der Waals surface area contributed by atoms with E-state index in [1.54, 1.807) is 0 Å². The highest BCUT2D eigenvalue weighted by atomic mass is 79.9. The van der Waals surface area contributed by atoms with Gasteiger partial charge in [0.15, 0.2) is 0 Å². The molecule has 0 aromatic heterocycles. The first-order valence-electron chi connectivity index (χ1n) is 10.1. The summed E-state index contributed by atoms with van der Waals surface area (Å²) in [6.07, 6.45) is 3.53. The smallest absolute Gasteiger partial charge is 0.234 e. The van der Waals surface area contributed by atoms with Crippen LogP contribution < -0.4 is 5.32 Å². The van der Waals surface area contributed by atoms with Crippen LogP contribution in [0.4, 0.5) is 5.69 Å². The molecular weight excluding hydrogens is 454 g/mol. The highest BCUT2D eigenvalue weighted by Crippen LogP contribution is 2.21. The molecule has 0 unspecified atom stereocenters. The van der Waals surface area contributed by atoms with Crippen molar-refractivity contribution in [3.8, 4) is 0 Å². The van der Waals surface area contributed by atoms with Crippen molar-refractivity contribution in [2.45, 2.75) is 32.6 Å². The fourth-order valence-electron chi connectivity index (χ4n) is 3.28. The number of likely N-dealkylation sites (tertiary alicyclic amines) is 1. The van der Waals surface area contributed by atoms with E-state index in [4.69, 9.17) is 0 Å². The molecular formula is C21H30BrN3O3S. The lowest BCUT2D eigenvalue weighted by molar-refractivity contribution is -0.138. The second-order valence-electron chi connectivity index (χ2n) is 7.32. The number of rotatable bonds is 9. The monoisotopic (exact) mass is 483 g/mol. The van der Waals surface area contributed by atoms with Crippen molar-refractivity contribution < 1.29 is 14.4 Å². The fourth-order valence-corrected chi connectivity index (χ4v) is 4.39. The molecule has 1 aromatic rings. The number of nitrogens with zero attached hydrogens (tertiary/aromatic N) is 2. The summed E-state index contributed by atoms with van der Waals surface area (Å²) in [6.45, 7) is 4.14. The van der Waals surface area contributed by atoms with E-state index in [1.165, 1.54) is 11.8 Å². The van der Waals surface area contributed by atoms with Crippen LogP contribution >= 0.6 is 27.7 Å². The van der Waals surface area contributed by atoms with Crippen LogP contribution in [-0.2, 0) is 14.4 Å². The Hall–Kier alpha value is -1.54. The van der Waals surface area contributed by atoms with Crippen molar-refractivity contribution in [3.63, 3.8) is 0 Å². The second-order valence-corrected chi connectivity index (χ2v) is 9.22. The Kier molecular flexibility index (Phi) is 10.0. The number of carbonyl (C=O) groups excluding carboxylic acids is 3. The van der Waals surface area contributed by atoms with Gasteiger partial charge >= 0.3 is 0 Å². The minimum atomic E-state index is -0.125. The molecule has 1 saturated heterocycles. The molecule has 1 aliphatic heterocycles. The van der Waals surface area contributed by atoms with Crippen molar-refractivity contribution in [3.05, 3.63) is 28.7 Å². The number of halogens is 1. The van der Waals surface area contributed by atoms with Gasteiger partial charge in [0.2, 0.25) is 17.7 Å². The average molecular weight is 484 g/mol. The van der Waals surface area contributed by atoms with Crippen LogP contribution in [0.3, 0.4) is 0 Å². The van der Waals surface area contributed by atoms with Gasteiger partial charge in [0.05, 0.1) is 11.5 Å². The van der Waals surface area contributed by atoms with Gasteiger partial charge in [-0.15, -0.1) is 11.8 Å². The summed E-state index contributed by atoms with van der Waals surface area (Å²) < 4.78 is 0.900. The molecule has 2 rings (SSSR count). The van der Waals surface area contributed by atoms with E-state index in [0.717, 1.165) is 42.4 Å². The van der Waals surface area contributed by atoms with Crippen LogP contribution in [0, 0.1) is 5.92 Å². The summed E-state index contributed by atoms with van der Waals surface area (Å²) >= 11 is 4.69. The molecule has 0 aliphatic carbocycles. The lowest BCUT2D eigenvalue weighted by atomic mass is 9.95. The lowest BCUT2D eigenvalue weighted by Crippen LogP contribution is -2.44. The number of nitrogens with one attached hydrogen (secondary N) is 1. The lowest BCUT2D eigenvalue weighted by Gasteiger charge is -2.33. The van der Waals surface area contributed by atoms with Gasteiger partial charge in [-0.05, 0) is 37.5 Å². The molecule has 1 fully saturated rings. The van der Waals surface area contributed by atoms with Crippen LogP contribution in [0.5, 0.6) is 0 Å². The molecule has 160 valence electrons. The molecule has 6 nitrogen and oxygen atoms in total. The van der Waals surface area contributed by atoms with E-state index in [9.17, 15) is 14.4 Å². The van der Waals surface area contributed by atoms with Gasteiger partial charge in [-0.3, -0.25) is 14.4 Å². The van der Waals surface area contributed by atoms with Crippen LogP contribution in [0.15, 0.2) is 28.7 Å². The van der Waals surface area contributed by atoms with Crippen LogP contribution in [0.25, 0.3) is 0 Å². The number of amides is 3. The molecule has 1 N–H and O–H groups in total. The quantitative estimate of drug-likeness (QED) is 0.582. The fraction of sp³-hybridized carbons (Fsp3) is 0.571. The Morgan fingerprint density at radius 3 is 2.62 bits per heavy atom. The van der Waals surface area contributed by atoms with Gasteiger partial charge < -0.3 is 15.1 Å². The molecule has 1 aliphatic rings. The Labute approximate surface area is 185 Å². The van der Waals surface area contributed by atoms with E-state index in [0.29, 0.717) is 13.1 Å². The summed E-state index contributed by atoms with van der Waals surface area (Å²) in [7, 11) is 1.87. The van der Waals surface area contributed by atoms with E-state index in [-0.39, 0.29) is 35.1 Å². The molecule has 3 amide bonds. The molecule has 0 bridgehead atoms. The van der Waals surface area contributed by atoms with Gasteiger partial charge in [0, 0.05) is 42.8 Å². The molecule has 0 atom stereocenters. The molecule has 0 radical (unpaired) electrons. The highest BCUT2D eigenvalue weighted by molar-refractivity contribution is 9.10. The van der Waals surface area contributed by atoms with Crippen LogP contribution in [-0.4, -0.2) is 65.7 Å². The maximum absolute atomic E-state index is 12.5. The van der Waals surface area contributed by atoms with E-state index in [2.05, 4.69) is 28.2 Å². The summed E-state index contributed by atoms with van der Waals surface area (Å²) in [6, 6.07) is 7.40. The number of hydrogen-bond donors (Lipinski definition) is 1. The Morgan fingerprint density at radius 1 is 1.24 bits per heavy atom. The summed E-state index contributed by atoms with van der Waals surface area (Å²) in [5.74, 6) is 0.639. The molecule has 0 saturated carbocycles. The number of piperidine rings is 1. The first kappa shape index (κ1) is 23.7. The predicted molar refractivity (Wildman–Crippen MR) is 122 cm³/mol. The Balaban J connectivity index is 1.66. The van der Waals surface area contributed by atoms with E-state index in [1.807, 2.05) is 41.1 Å². The zero-order valence-electron chi connectivity index (χ0n) is 17.2. The molecule has 1 heterocycles. The minimum absolute atomic E-state index is 0.0181. The number of anilines is 1. The van der Waals surface area contributed by atoms with E-state index < -0.39 is 0 Å². The van der Waals surface area contributed by atoms with Gasteiger partial charge in [-0.25, -0.2) is 0 Å². The number of thioether (sulfide) groups is 1. The first-order valence-corrected chi connectivity index (χ1v) is 12.0. The number of carbonyl (C=O) groups is 3. The molecule has 0 spiro atoms. The standard InChI is InChI=1S/C21H30BrN3O3S/c1-3-4-10-24(2)21(28)16-8-11-25(12-9-16)20(27)15-29-14-19(26)23-18-7-5-6-17(22)13-18/h5-7,13,16H,3-4,8-12,14-15H2,1-2H3,(H,23,26).